The number of pyridine rings is 1. The summed E-state index contributed by atoms with van der Waals surface area (Å²) in [5, 5.41) is 9.05. The van der Waals surface area contributed by atoms with Gasteiger partial charge in [0.1, 0.15) is 0 Å². The van der Waals surface area contributed by atoms with Crippen molar-refractivity contribution < 1.29 is 5.11 Å². The molecule has 0 aromatic carbocycles. The summed E-state index contributed by atoms with van der Waals surface area (Å²) in [4.78, 5) is 4.04. The first kappa shape index (κ1) is 8.97. The van der Waals surface area contributed by atoms with Crippen LogP contribution in [0.1, 0.15) is 11.3 Å². The van der Waals surface area contributed by atoms with Gasteiger partial charge >= 0.3 is 0 Å². The Morgan fingerprint density at radius 1 is 1.29 bits per heavy atom. The van der Waals surface area contributed by atoms with Crippen LogP contribution in [0.4, 0.5) is 0 Å². The van der Waals surface area contributed by atoms with Crippen molar-refractivity contribution in [2.75, 3.05) is 0 Å². The molecule has 0 saturated carbocycles. The fraction of sp³-hybridized carbons (Fsp3) is 0.182. The molecule has 0 atom stereocenters. The molecule has 2 aromatic heterocycles. The van der Waals surface area contributed by atoms with Crippen LogP contribution < -0.4 is 0 Å². The Balaban J connectivity index is 2.19. The van der Waals surface area contributed by atoms with E-state index in [-0.39, 0.29) is 6.61 Å². The van der Waals surface area contributed by atoms with E-state index in [9.17, 15) is 0 Å². The second-order valence-electron chi connectivity index (χ2n) is 3.15. The van der Waals surface area contributed by atoms with Crippen LogP contribution in [0.2, 0.25) is 0 Å². The molecule has 3 nitrogen and oxygen atoms in total. The average Bonchev–Trinajstić information content (AvgIpc) is 2.67. The van der Waals surface area contributed by atoms with E-state index in [1.165, 1.54) is 0 Å². The van der Waals surface area contributed by atoms with Gasteiger partial charge in [0.25, 0.3) is 0 Å². The standard InChI is InChI=1S/C11H12N2O/c14-9-11-4-2-6-13(11)8-10-3-1-5-12-7-10/h1-7,14H,8-9H2. The highest BCUT2D eigenvalue weighted by Gasteiger charge is 1.99. The average molecular weight is 188 g/mol. The van der Waals surface area contributed by atoms with Crippen molar-refractivity contribution in [2.24, 2.45) is 0 Å². The van der Waals surface area contributed by atoms with E-state index in [2.05, 4.69) is 4.98 Å². The van der Waals surface area contributed by atoms with E-state index in [4.69, 9.17) is 5.11 Å². The zero-order valence-electron chi connectivity index (χ0n) is 7.80. The molecule has 1 N–H and O–H groups in total. The van der Waals surface area contributed by atoms with Crippen molar-refractivity contribution in [3.05, 3.63) is 54.1 Å². The largest absolute Gasteiger partial charge is 0.390 e. The van der Waals surface area contributed by atoms with Crippen molar-refractivity contribution in [3.8, 4) is 0 Å². The number of aromatic nitrogens is 2. The summed E-state index contributed by atoms with van der Waals surface area (Å²) in [6.45, 7) is 0.837. The van der Waals surface area contributed by atoms with Gasteiger partial charge in [-0.25, -0.2) is 0 Å². The molecule has 0 aliphatic carbocycles. The van der Waals surface area contributed by atoms with Gasteiger partial charge in [-0.05, 0) is 23.8 Å². The Labute approximate surface area is 82.7 Å². The molecule has 0 amide bonds. The molecular formula is C11H12N2O. The molecular weight excluding hydrogens is 176 g/mol. The summed E-state index contributed by atoms with van der Waals surface area (Å²) in [5.41, 5.74) is 2.06. The molecule has 0 spiro atoms. The molecule has 2 aromatic rings. The lowest BCUT2D eigenvalue weighted by molar-refractivity contribution is 0.271. The van der Waals surface area contributed by atoms with E-state index in [1.807, 2.05) is 41.2 Å². The van der Waals surface area contributed by atoms with Gasteiger partial charge in [0.15, 0.2) is 0 Å². The molecule has 0 fully saturated rings. The van der Waals surface area contributed by atoms with Crippen LogP contribution in [0.5, 0.6) is 0 Å². The molecule has 0 unspecified atom stereocenters. The maximum Gasteiger partial charge on any atom is 0.0832 e. The van der Waals surface area contributed by atoms with Gasteiger partial charge < -0.3 is 9.67 Å². The molecule has 0 saturated heterocycles. The van der Waals surface area contributed by atoms with Gasteiger partial charge in [-0.15, -0.1) is 0 Å². The highest BCUT2D eigenvalue weighted by atomic mass is 16.3. The maximum absolute atomic E-state index is 9.05. The van der Waals surface area contributed by atoms with E-state index >= 15 is 0 Å². The minimum Gasteiger partial charge on any atom is -0.390 e. The fourth-order valence-electron chi connectivity index (χ4n) is 1.44. The number of hydrogen-bond donors (Lipinski definition) is 1. The maximum atomic E-state index is 9.05. The van der Waals surface area contributed by atoms with Crippen LogP contribution in [-0.2, 0) is 13.2 Å². The second-order valence-corrected chi connectivity index (χ2v) is 3.15. The van der Waals surface area contributed by atoms with Crippen LogP contribution in [-0.4, -0.2) is 14.7 Å². The van der Waals surface area contributed by atoms with Gasteiger partial charge in [0.05, 0.1) is 6.61 Å². The van der Waals surface area contributed by atoms with Crippen molar-refractivity contribution in [1.29, 1.82) is 0 Å². The topological polar surface area (TPSA) is 38.0 Å². The van der Waals surface area contributed by atoms with E-state index < -0.39 is 0 Å². The molecule has 0 aliphatic rings. The lowest BCUT2D eigenvalue weighted by atomic mass is 10.3. The third kappa shape index (κ3) is 1.83. The fourth-order valence-corrected chi connectivity index (χ4v) is 1.44. The predicted octanol–water partition coefficient (Wildman–Crippen LogP) is 1.42. The first-order valence-corrected chi connectivity index (χ1v) is 4.54. The molecule has 3 heteroatoms. The summed E-state index contributed by atoms with van der Waals surface area (Å²) in [6, 6.07) is 7.78. The van der Waals surface area contributed by atoms with Crippen molar-refractivity contribution in [2.45, 2.75) is 13.2 Å². The predicted molar refractivity (Wildman–Crippen MR) is 53.7 cm³/mol. The summed E-state index contributed by atoms with van der Waals surface area (Å²) in [7, 11) is 0. The molecule has 72 valence electrons. The third-order valence-electron chi connectivity index (χ3n) is 2.16. The van der Waals surface area contributed by atoms with Gasteiger partial charge in [-0.2, -0.15) is 0 Å². The van der Waals surface area contributed by atoms with Crippen LogP contribution in [0.25, 0.3) is 0 Å². The van der Waals surface area contributed by atoms with Crippen molar-refractivity contribution >= 4 is 0 Å². The third-order valence-corrected chi connectivity index (χ3v) is 2.16. The molecule has 0 bridgehead atoms. The monoisotopic (exact) mass is 188 g/mol. The van der Waals surface area contributed by atoms with Crippen LogP contribution in [0.3, 0.4) is 0 Å². The second kappa shape index (κ2) is 4.07. The zero-order valence-corrected chi connectivity index (χ0v) is 7.80. The summed E-state index contributed by atoms with van der Waals surface area (Å²) >= 11 is 0. The summed E-state index contributed by atoms with van der Waals surface area (Å²) < 4.78 is 2.01. The number of nitrogens with zero attached hydrogens (tertiary/aromatic N) is 2. The molecule has 2 heterocycles. The van der Waals surface area contributed by atoms with Crippen molar-refractivity contribution in [1.82, 2.24) is 9.55 Å². The Bertz CT molecular complexity index is 395. The lowest BCUT2D eigenvalue weighted by Gasteiger charge is -2.06. The zero-order chi connectivity index (χ0) is 9.80. The van der Waals surface area contributed by atoms with E-state index in [0.29, 0.717) is 0 Å². The lowest BCUT2D eigenvalue weighted by Crippen LogP contribution is -2.02. The first-order valence-electron chi connectivity index (χ1n) is 4.54. The van der Waals surface area contributed by atoms with Gasteiger partial charge in [-0.3, -0.25) is 4.98 Å². The molecule has 0 aliphatic heterocycles. The number of hydrogen-bond acceptors (Lipinski definition) is 2. The molecule has 0 radical (unpaired) electrons. The van der Waals surface area contributed by atoms with Gasteiger partial charge in [0, 0.05) is 30.8 Å². The molecule has 2 rings (SSSR count). The Kier molecular flexibility index (Phi) is 2.60. The van der Waals surface area contributed by atoms with E-state index in [1.54, 1.807) is 6.20 Å². The smallest absolute Gasteiger partial charge is 0.0832 e. The number of aliphatic hydroxyl groups is 1. The summed E-state index contributed by atoms with van der Waals surface area (Å²) in [5.74, 6) is 0. The van der Waals surface area contributed by atoms with Gasteiger partial charge in [0.2, 0.25) is 0 Å². The van der Waals surface area contributed by atoms with Gasteiger partial charge in [-0.1, -0.05) is 6.07 Å². The Morgan fingerprint density at radius 3 is 2.93 bits per heavy atom. The van der Waals surface area contributed by atoms with Crippen LogP contribution in [0, 0.1) is 0 Å². The molecule has 14 heavy (non-hydrogen) atoms. The highest BCUT2D eigenvalue weighted by molar-refractivity contribution is 5.13. The van der Waals surface area contributed by atoms with Crippen LogP contribution in [0.15, 0.2) is 42.9 Å². The highest BCUT2D eigenvalue weighted by Crippen LogP contribution is 2.06. The van der Waals surface area contributed by atoms with Crippen molar-refractivity contribution in [3.63, 3.8) is 0 Å². The number of aliphatic hydroxyl groups excluding tert-OH is 1. The van der Waals surface area contributed by atoms with E-state index in [0.717, 1.165) is 17.8 Å². The first-order chi connectivity index (χ1) is 6.90. The normalized spacial score (nSPS) is 10.4. The van der Waals surface area contributed by atoms with Crippen LogP contribution >= 0.6 is 0 Å². The SMILES string of the molecule is OCc1cccn1Cc1cccnc1. The number of rotatable bonds is 3. The quantitative estimate of drug-likeness (QED) is 0.791. The Morgan fingerprint density at radius 2 is 2.21 bits per heavy atom. The summed E-state index contributed by atoms with van der Waals surface area (Å²) in [6.07, 6.45) is 5.55. The minimum atomic E-state index is 0.0766. The minimum absolute atomic E-state index is 0.0766. The Hall–Kier alpha value is -1.61.